The van der Waals surface area contributed by atoms with Crippen LogP contribution in [0.2, 0.25) is 0 Å². The van der Waals surface area contributed by atoms with Crippen LogP contribution in [-0.4, -0.2) is 57.2 Å². The van der Waals surface area contributed by atoms with E-state index in [2.05, 4.69) is 5.32 Å². The van der Waals surface area contributed by atoms with Crippen molar-refractivity contribution in [3.05, 3.63) is 53.6 Å². The topological polar surface area (TPSA) is 77.1 Å². The summed E-state index contributed by atoms with van der Waals surface area (Å²) in [6, 6.07) is 12.4. The number of nitrogens with one attached hydrogen (secondary N) is 1. The van der Waals surface area contributed by atoms with Gasteiger partial charge in [-0.3, -0.25) is 9.59 Å². The zero-order chi connectivity index (χ0) is 22.2. The van der Waals surface area contributed by atoms with Crippen LogP contribution < -0.4 is 19.5 Å². The zero-order valence-electron chi connectivity index (χ0n) is 18.3. The van der Waals surface area contributed by atoms with E-state index in [4.69, 9.17) is 14.2 Å². The monoisotopic (exact) mass is 426 g/mol. The van der Waals surface area contributed by atoms with E-state index in [9.17, 15) is 9.59 Å². The molecule has 0 atom stereocenters. The molecule has 0 saturated carbocycles. The molecule has 7 nitrogen and oxygen atoms in total. The van der Waals surface area contributed by atoms with Crippen LogP contribution in [0.15, 0.2) is 42.5 Å². The SMILES string of the molecule is CCOc1ccc(C(=O)NCC2CCN(C(=O)c3ccc(OC)c(OC)c3)CC2)cc1. The standard InChI is InChI=1S/C24H30N2O5/c1-4-31-20-8-5-18(6-9-20)23(27)25-16-17-11-13-26(14-12-17)24(28)19-7-10-21(29-2)22(15-19)30-3/h5-10,15,17H,4,11-14,16H2,1-3H3,(H,25,27). The Hall–Kier alpha value is -3.22. The lowest BCUT2D eigenvalue weighted by atomic mass is 9.96. The van der Waals surface area contributed by atoms with Gasteiger partial charge in [0.1, 0.15) is 5.75 Å². The number of hydrogen-bond acceptors (Lipinski definition) is 5. The molecule has 31 heavy (non-hydrogen) atoms. The van der Waals surface area contributed by atoms with E-state index < -0.39 is 0 Å². The Kier molecular flexibility index (Phi) is 7.76. The van der Waals surface area contributed by atoms with Gasteiger partial charge in [-0.2, -0.15) is 0 Å². The van der Waals surface area contributed by atoms with Crippen LogP contribution in [0, 0.1) is 5.92 Å². The van der Waals surface area contributed by atoms with Crippen LogP contribution in [0.3, 0.4) is 0 Å². The molecule has 2 amide bonds. The van der Waals surface area contributed by atoms with Gasteiger partial charge >= 0.3 is 0 Å². The fourth-order valence-corrected chi connectivity index (χ4v) is 3.70. The van der Waals surface area contributed by atoms with Gasteiger partial charge in [-0.1, -0.05) is 0 Å². The maximum absolute atomic E-state index is 12.8. The average molecular weight is 427 g/mol. The molecule has 1 aliphatic heterocycles. The van der Waals surface area contributed by atoms with Crippen molar-refractivity contribution in [2.45, 2.75) is 19.8 Å². The number of carbonyl (C=O) groups is 2. The first-order chi connectivity index (χ1) is 15.0. The molecular formula is C24H30N2O5. The van der Waals surface area contributed by atoms with Gasteiger partial charge < -0.3 is 24.4 Å². The molecule has 2 aromatic carbocycles. The lowest BCUT2D eigenvalue weighted by molar-refractivity contribution is 0.0684. The first kappa shape index (κ1) is 22.5. The smallest absolute Gasteiger partial charge is 0.253 e. The molecule has 3 rings (SSSR count). The van der Waals surface area contributed by atoms with Crippen molar-refractivity contribution in [3.63, 3.8) is 0 Å². The summed E-state index contributed by atoms with van der Waals surface area (Å²) in [6.07, 6.45) is 1.70. The van der Waals surface area contributed by atoms with Gasteiger partial charge in [0.2, 0.25) is 0 Å². The number of nitrogens with zero attached hydrogens (tertiary/aromatic N) is 1. The molecule has 1 saturated heterocycles. The van der Waals surface area contributed by atoms with Crippen LogP contribution in [0.5, 0.6) is 17.2 Å². The summed E-state index contributed by atoms with van der Waals surface area (Å²) >= 11 is 0. The Morgan fingerprint density at radius 2 is 1.61 bits per heavy atom. The highest BCUT2D eigenvalue weighted by atomic mass is 16.5. The van der Waals surface area contributed by atoms with Gasteiger partial charge in [-0.25, -0.2) is 0 Å². The lowest BCUT2D eigenvalue weighted by Crippen LogP contribution is -2.41. The summed E-state index contributed by atoms with van der Waals surface area (Å²) in [6.45, 7) is 4.45. The summed E-state index contributed by atoms with van der Waals surface area (Å²) in [4.78, 5) is 27.1. The normalized spacial score (nSPS) is 14.1. The summed E-state index contributed by atoms with van der Waals surface area (Å²) < 4.78 is 15.9. The van der Waals surface area contributed by atoms with Crippen LogP contribution >= 0.6 is 0 Å². The number of carbonyl (C=O) groups excluding carboxylic acids is 2. The molecule has 0 aliphatic carbocycles. The molecule has 0 bridgehead atoms. The molecule has 1 N–H and O–H groups in total. The number of methoxy groups -OCH3 is 2. The van der Waals surface area contributed by atoms with Crippen LogP contribution in [0.4, 0.5) is 0 Å². The van der Waals surface area contributed by atoms with E-state index in [1.165, 1.54) is 0 Å². The lowest BCUT2D eigenvalue weighted by Gasteiger charge is -2.32. The minimum Gasteiger partial charge on any atom is -0.494 e. The number of amides is 2. The number of hydrogen-bond donors (Lipinski definition) is 1. The highest BCUT2D eigenvalue weighted by Gasteiger charge is 2.24. The van der Waals surface area contributed by atoms with Crippen LogP contribution in [0.25, 0.3) is 0 Å². The van der Waals surface area contributed by atoms with Crippen molar-refractivity contribution in [2.24, 2.45) is 5.92 Å². The quantitative estimate of drug-likeness (QED) is 0.700. The predicted octanol–water partition coefficient (Wildman–Crippen LogP) is 3.38. The number of likely N-dealkylation sites (tertiary alicyclic amines) is 1. The second-order valence-electron chi connectivity index (χ2n) is 7.47. The number of piperidine rings is 1. The van der Waals surface area contributed by atoms with E-state index in [0.29, 0.717) is 54.8 Å². The first-order valence-corrected chi connectivity index (χ1v) is 10.6. The molecule has 1 aliphatic rings. The second kappa shape index (κ2) is 10.7. The highest BCUT2D eigenvalue weighted by Crippen LogP contribution is 2.28. The van der Waals surface area contributed by atoms with Gasteiger partial charge in [0, 0.05) is 30.8 Å². The van der Waals surface area contributed by atoms with Gasteiger partial charge in [0.15, 0.2) is 11.5 Å². The van der Waals surface area contributed by atoms with Crippen LogP contribution in [-0.2, 0) is 0 Å². The average Bonchev–Trinajstić information content (AvgIpc) is 2.82. The zero-order valence-corrected chi connectivity index (χ0v) is 18.3. The Morgan fingerprint density at radius 1 is 0.968 bits per heavy atom. The van der Waals surface area contributed by atoms with Gasteiger partial charge in [-0.15, -0.1) is 0 Å². The number of rotatable bonds is 8. The van der Waals surface area contributed by atoms with E-state index in [1.807, 2.05) is 11.8 Å². The molecule has 2 aromatic rings. The van der Waals surface area contributed by atoms with Gasteiger partial charge in [0.25, 0.3) is 11.8 Å². The molecule has 7 heteroatoms. The fourth-order valence-electron chi connectivity index (χ4n) is 3.70. The van der Waals surface area contributed by atoms with Crippen molar-refractivity contribution in [3.8, 4) is 17.2 Å². The number of ether oxygens (including phenoxy) is 3. The van der Waals surface area contributed by atoms with Crippen LogP contribution in [0.1, 0.15) is 40.5 Å². The van der Waals surface area contributed by atoms with Crippen molar-refractivity contribution < 1.29 is 23.8 Å². The summed E-state index contributed by atoms with van der Waals surface area (Å²) in [5, 5.41) is 3.01. The Labute approximate surface area is 183 Å². The molecule has 166 valence electrons. The first-order valence-electron chi connectivity index (χ1n) is 10.6. The minimum absolute atomic E-state index is 0.0159. The third-order valence-electron chi connectivity index (χ3n) is 5.51. The Bertz CT molecular complexity index is 889. The molecule has 0 unspecified atom stereocenters. The number of benzene rings is 2. The van der Waals surface area contributed by atoms with Gasteiger partial charge in [-0.05, 0) is 68.1 Å². The van der Waals surface area contributed by atoms with E-state index >= 15 is 0 Å². The van der Waals surface area contributed by atoms with Gasteiger partial charge in [0.05, 0.1) is 20.8 Å². The largest absolute Gasteiger partial charge is 0.494 e. The van der Waals surface area contributed by atoms with Crippen molar-refractivity contribution >= 4 is 11.8 Å². The Morgan fingerprint density at radius 3 is 2.23 bits per heavy atom. The third-order valence-corrected chi connectivity index (χ3v) is 5.51. The van der Waals surface area contributed by atoms with Crippen molar-refractivity contribution in [2.75, 3.05) is 40.5 Å². The highest BCUT2D eigenvalue weighted by molar-refractivity contribution is 5.95. The molecule has 0 spiro atoms. The maximum Gasteiger partial charge on any atom is 0.253 e. The Balaban J connectivity index is 1.48. The van der Waals surface area contributed by atoms with E-state index in [0.717, 1.165) is 18.6 Å². The molecule has 1 fully saturated rings. The minimum atomic E-state index is -0.0908. The molecule has 0 radical (unpaired) electrons. The fraction of sp³-hybridized carbons (Fsp3) is 0.417. The molecule has 0 aromatic heterocycles. The van der Waals surface area contributed by atoms with Crippen molar-refractivity contribution in [1.29, 1.82) is 0 Å². The van der Waals surface area contributed by atoms with Crippen molar-refractivity contribution in [1.82, 2.24) is 10.2 Å². The maximum atomic E-state index is 12.8. The third kappa shape index (κ3) is 5.69. The summed E-state index contributed by atoms with van der Waals surface area (Å²) in [7, 11) is 3.12. The predicted molar refractivity (Wildman–Crippen MR) is 118 cm³/mol. The molecule has 1 heterocycles. The second-order valence-corrected chi connectivity index (χ2v) is 7.47. The molecular weight excluding hydrogens is 396 g/mol. The van der Waals surface area contributed by atoms with E-state index in [-0.39, 0.29) is 11.8 Å². The van der Waals surface area contributed by atoms with E-state index in [1.54, 1.807) is 56.7 Å². The summed E-state index contributed by atoms with van der Waals surface area (Å²) in [5.41, 5.74) is 1.20. The summed E-state index contributed by atoms with van der Waals surface area (Å²) in [5.74, 6) is 2.14.